The molecule has 0 atom stereocenters. The van der Waals surface area contributed by atoms with Crippen molar-refractivity contribution in [2.45, 2.75) is 13.0 Å². The molecule has 0 bridgehead atoms. The summed E-state index contributed by atoms with van der Waals surface area (Å²) in [4.78, 5) is 32.1. The smallest absolute Gasteiger partial charge is 0.163 e. The molecule has 0 radical (unpaired) electrons. The number of H-pyrrole nitrogens is 1. The third-order valence-electron chi connectivity index (χ3n) is 5.16. The summed E-state index contributed by atoms with van der Waals surface area (Å²) in [6, 6.07) is 18.8. The van der Waals surface area contributed by atoms with Crippen LogP contribution in [0, 0.1) is 0 Å². The van der Waals surface area contributed by atoms with Gasteiger partial charge in [0.15, 0.2) is 11.6 Å². The lowest BCUT2D eigenvalue weighted by molar-refractivity contribution is -0.121. The van der Waals surface area contributed by atoms with Gasteiger partial charge in [0.25, 0.3) is 0 Å². The number of nitrogens with one attached hydrogen (secondary N) is 1. The zero-order chi connectivity index (χ0) is 23.8. The molecular weight excluding hydrogens is 428 g/mol. The van der Waals surface area contributed by atoms with E-state index in [2.05, 4.69) is 9.97 Å². The monoisotopic (exact) mass is 452 g/mol. The highest BCUT2D eigenvalue weighted by Crippen LogP contribution is 2.26. The minimum Gasteiger partial charge on any atom is -0.497 e. The molecule has 4 aromatic rings. The van der Waals surface area contributed by atoms with Crippen molar-refractivity contribution in [2.24, 2.45) is 0 Å². The van der Waals surface area contributed by atoms with E-state index < -0.39 is 0 Å². The van der Waals surface area contributed by atoms with Gasteiger partial charge >= 0.3 is 0 Å². The molecule has 34 heavy (non-hydrogen) atoms. The number of nitrogens with zero attached hydrogens (tertiary/aromatic N) is 1. The van der Waals surface area contributed by atoms with Crippen LogP contribution >= 0.6 is 0 Å². The summed E-state index contributed by atoms with van der Waals surface area (Å²) in [5.41, 5.74) is 3.34. The van der Waals surface area contributed by atoms with E-state index in [9.17, 15) is 9.59 Å². The average molecular weight is 453 g/mol. The number of hydrogen-bond acceptors (Lipinski definition) is 5. The van der Waals surface area contributed by atoms with E-state index in [1.807, 2.05) is 48.7 Å². The van der Waals surface area contributed by atoms with Gasteiger partial charge in [-0.3, -0.25) is 14.6 Å². The van der Waals surface area contributed by atoms with Gasteiger partial charge in [-0.1, -0.05) is 24.3 Å². The van der Waals surface area contributed by atoms with Gasteiger partial charge in [-0.25, -0.2) is 0 Å². The Kier molecular flexibility index (Phi) is 7.30. The third-order valence-corrected chi connectivity index (χ3v) is 5.16. The lowest BCUT2D eigenvalue weighted by Crippen LogP contribution is -2.02. The molecule has 0 aliphatic heterocycles. The molecule has 4 rings (SSSR count). The normalized spacial score (nSPS) is 11.3. The van der Waals surface area contributed by atoms with Crippen LogP contribution in [0.15, 0.2) is 85.2 Å². The summed E-state index contributed by atoms with van der Waals surface area (Å²) in [7, 11) is 1.57. The maximum atomic E-state index is 12.4. The lowest BCUT2D eigenvalue weighted by atomic mass is 10.1. The van der Waals surface area contributed by atoms with Crippen molar-refractivity contribution in [3.05, 3.63) is 102 Å². The Bertz CT molecular complexity index is 1350. The van der Waals surface area contributed by atoms with E-state index >= 15 is 0 Å². The molecule has 6 heteroatoms. The molecule has 1 N–H and O–H groups in total. The average Bonchev–Trinajstić information content (AvgIpc) is 3.34. The van der Waals surface area contributed by atoms with Crippen LogP contribution in [0.4, 0.5) is 0 Å². The zero-order valence-corrected chi connectivity index (χ0v) is 18.7. The first-order chi connectivity index (χ1) is 16.6. The molecule has 6 nitrogen and oxygen atoms in total. The molecule has 0 saturated carbocycles. The Hall–Kier alpha value is -4.45. The van der Waals surface area contributed by atoms with Crippen molar-refractivity contribution < 1.29 is 19.1 Å². The number of pyridine rings is 1. The molecule has 0 saturated heterocycles. The molecule has 2 heterocycles. The number of methoxy groups -OCH3 is 1. The van der Waals surface area contributed by atoms with Gasteiger partial charge in [-0.2, -0.15) is 0 Å². The van der Waals surface area contributed by atoms with Gasteiger partial charge in [0, 0.05) is 23.5 Å². The van der Waals surface area contributed by atoms with E-state index in [0.29, 0.717) is 23.7 Å². The maximum Gasteiger partial charge on any atom is 0.163 e. The predicted octanol–water partition coefficient (Wildman–Crippen LogP) is 5.41. The SMILES string of the molecule is COc1ccc(OCc2ccccn2)c(C=CC(=O)CC(=O)C=Cc2ccc3cc[nH]c3c2)c1. The van der Waals surface area contributed by atoms with Gasteiger partial charge in [-0.15, -0.1) is 0 Å². The number of fused-ring (bicyclic) bond motifs is 1. The molecule has 0 unspecified atom stereocenters. The van der Waals surface area contributed by atoms with Crippen molar-refractivity contribution >= 4 is 34.6 Å². The summed E-state index contributed by atoms with van der Waals surface area (Å²) in [5, 5.41) is 1.10. The summed E-state index contributed by atoms with van der Waals surface area (Å²) in [6.45, 7) is 0.291. The van der Waals surface area contributed by atoms with Gasteiger partial charge in [-0.05, 0) is 71.6 Å². The third kappa shape index (κ3) is 6.07. The highest BCUT2D eigenvalue weighted by molar-refractivity contribution is 6.11. The Labute approximate surface area is 197 Å². The number of aromatic amines is 1. The molecule has 0 amide bonds. The fourth-order valence-corrected chi connectivity index (χ4v) is 3.38. The Morgan fingerprint density at radius 1 is 0.971 bits per heavy atom. The van der Waals surface area contributed by atoms with Crippen LogP contribution in [0.3, 0.4) is 0 Å². The number of carbonyl (C=O) groups excluding carboxylic acids is 2. The fraction of sp³-hybridized carbons (Fsp3) is 0.107. The van der Waals surface area contributed by atoms with Crippen molar-refractivity contribution in [3.8, 4) is 11.5 Å². The van der Waals surface area contributed by atoms with E-state index in [-0.39, 0.29) is 18.0 Å². The van der Waals surface area contributed by atoms with Crippen LogP contribution < -0.4 is 9.47 Å². The number of benzene rings is 2. The standard InChI is InChI=1S/C28H24N2O4/c1-33-26-11-12-28(34-19-23-4-2-3-14-29-23)22(17-26)8-10-25(32)18-24(31)9-6-20-5-7-21-13-15-30-27(21)16-20/h2-17,30H,18-19H2,1H3. The first-order valence-corrected chi connectivity index (χ1v) is 10.8. The first-order valence-electron chi connectivity index (χ1n) is 10.8. The Morgan fingerprint density at radius 3 is 2.62 bits per heavy atom. The van der Waals surface area contributed by atoms with E-state index in [0.717, 1.165) is 22.2 Å². The number of rotatable bonds is 10. The topological polar surface area (TPSA) is 81.3 Å². The number of hydrogen-bond donors (Lipinski definition) is 1. The lowest BCUT2D eigenvalue weighted by Gasteiger charge is -2.10. The molecular formula is C28H24N2O4. The van der Waals surface area contributed by atoms with Crippen molar-refractivity contribution in [1.82, 2.24) is 9.97 Å². The number of allylic oxidation sites excluding steroid dienone is 2. The van der Waals surface area contributed by atoms with Gasteiger partial charge in [0.2, 0.25) is 0 Å². The molecule has 0 fully saturated rings. The number of carbonyl (C=O) groups is 2. The first kappa shape index (κ1) is 22.7. The van der Waals surface area contributed by atoms with Crippen molar-refractivity contribution in [3.63, 3.8) is 0 Å². The number of ketones is 2. The number of ether oxygens (including phenoxy) is 2. The molecule has 0 aliphatic carbocycles. The molecule has 170 valence electrons. The summed E-state index contributed by atoms with van der Waals surface area (Å²) >= 11 is 0. The molecule has 0 aliphatic rings. The summed E-state index contributed by atoms with van der Waals surface area (Å²) in [5.74, 6) is 0.656. The quantitative estimate of drug-likeness (QED) is 0.257. The van der Waals surface area contributed by atoms with E-state index in [4.69, 9.17) is 9.47 Å². The van der Waals surface area contributed by atoms with Crippen LogP contribution in [0.2, 0.25) is 0 Å². The van der Waals surface area contributed by atoms with Gasteiger partial charge in [0.05, 0.1) is 19.2 Å². The predicted molar refractivity (Wildman–Crippen MR) is 133 cm³/mol. The maximum absolute atomic E-state index is 12.4. The highest BCUT2D eigenvalue weighted by Gasteiger charge is 2.08. The largest absolute Gasteiger partial charge is 0.497 e. The minimum absolute atomic E-state index is 0.216. The second kappa shape index (κ2) is 10.9. The van der Waals surface area contributed by atoms with Crippen LogP contribution in [-0.4, -0.2) is 28.6 Å². The van der Waals surface area contributed by atoms with Crippen LogP contribution in [-0.2, 0) is 16.2 Å². The van der Waals surface area contributed by atoms with Gasteiger partial charge in [0.1, 0.15) is 18.1 Å². The minimum atomic E-state index is -0.298. The fourth-order valence-electron chi connectivity index (χ4n) is 3.38. The van der Waals surface area contributed by atoms with Crippen LogP contribution in [0.1, 0.15) is 23.2 Å². The summed E-state index contributed by atoms with van der Waals surface area (Å²) in [6.07, 6.45) is 9.52. The van der Waals surface area contributed by atoms with Gasteiger partial charge < -0.3 is 14.5 Å². The zero-order valence-electron chi connectivity index (χ0n) is 18.7. The molecule has 0 spiro atoms. The van der Waals surface area contributed by atoms with E-state index in [1.165, 1.54) is 12.2 Å². The number of aromatic nitrogens is 2. The molecule has 2 aromatic carbocycles. The second-order valence-corrected chi connectivity index (χ2v) is 7.61. The van der Waals surface area contributed by atoms with Crippen molar-refractivity contribution in [2.75, 3.05) is 7.11 Å². The molecule has 2 aromatic heterocycles. The summed E-state index contributed by atoms with van der Waals surface area (Å²) < 4.78 is 11.2. The second-order valence-electron chi connectivity index (χ2n) is 7.61. The van der Waals surface area contributed by atoms with E-state index in [1.54, 1.807) is 43.7 Å². The Morgan fingerprint density at radius 2 is 1.82 bits per heavy atom. The van der Waals surface area contributed by atoms with Crippen LogP contribution in [0.5, 0.6) is 11.5 Å². The Balaban J connectivity index is 1.39. The van der Waals surface area contributed by atoms with Crippen molar-refractivity contribution in [1.29, 1.82) is 0 Å². The van der Waals surface area contributed by atoms with Crippen LogP contribution in [0.25, 0.3) is 23.1 Å². The highest BCUT2D eigenvalue weighted by atomic mass is 16.5.